The van der Waals surface area contributed by atoms with Crippen LogP contribution in [-0.4, -0.2) is 23.7 Å². The predicted molar refractivity (Wildman–Crippen MR) is 62.0 cm³/mol. The van der Waals surface area contributed by atoms with Gasteiger partial charge in [-0.25, -0.2) is 4.79 Å². The highest BCUT2D eigenvalue weighted by atomic mass is 16.4. The number of hydrogen-bond donors (Lipinski definition) is 3. The Morgan fingerprint density at radius 1 is 1.31 bits per heavy atom. The number of carboxylic acids is 1. The van der Waals surface area contributed by atoms with Crippen LogP contribution < -0.4 is 11.1 Å². The molecule has 0 saturated carbocycles. The summed E-state index contributed by atoms with van der Waals surface area (Å²) in [4.78, 5) is 21.0. The lowest BCUT2D eigenvalue weighted by molar-refractivity contribution is -0.137. The van der Waals surface area contributed by atoms with Crippen molar-refractivity contribution in [3.05, 3.63) is 0 Å². The molecule has 0 spiro atoms. The van der Waals surface area contributed by atoms with E-state index >= 15 is 0 Å². The first-order chi connectivity index (χ1) is 7.23. The van der Waals surface area contributed by atoms with Crippen molar-refractivity contribution in [1.29, 1.82) is 0 Å². The summed E-state index contributed by atoms with van der Waals surface area (Å²) in [5, 5.41) is 11.2. The topological polar surface area (TPSA) is 92.4 Å². The molecule has 0 radical (unpaired) electrons. The van der Waals surface area contributed by atoms with Crippen molar-refractivity contribution in [2.24, 2.45) is 17.1 Å². The molecule has 4 N–H and O–H groups in total. The molecule has 0 aromatic rings. The summed E-state index contributed by atoms with van der Waals surface area (Å²) < 4.78 is 0. The number of amides is 2. The first kappa shape index (κ1) is 14.7. The predicted octanol–water partition coefficient (Wildman–Crippen LogP) is 1.57. The number of carboxylic acid groups (broad SMARTS) is 1. The van der Waals surface area contributed by atoms with Crippen molar-refractivity contribution in [2.75, 3.05) is 6.54 Å². The lowest BCUT2D eigenvalue weighted by Gasteiger charge is -2.30. The molecule has 2 amide bonds. The third-order valence-electron chi connectivity index (χ3n) is 2.72. The van der Waals surface area contributed by atoms with Crippen LogP contribution in [-0.2, 0) is 4.79 Å². The number of primary amides is 1. The lowest BCUT2D eigenvalue weighted by Crippen LogP contribution is -2.33. The van der Waals surface area contributed by atoms with E-state index in [1.165, 1.54) is 0 Å². The minimum atomic E-state index is -0.780. The number of carbonyl (C=O) groups is 2. The van der Waals surface area contributed by atoms with Gasteiger partial charge in [0, 0.05) is 13.0 Å². The Bertz CT molecular complexity index is 246. The van der Waals surface area contributed by atoms with Crippen LogP contribution in [0.3, 0.4) is 0 Å². The number of aliphatic carboxylic acids is 1. The monoisotopic (exact) mass is 230 g/mol. The summed E-state index contributed by atoms with van der Waals surface area (Å²) in [5.41, 5.74) is 5.00. The summed E-state index contributed by atoms with van der Waals surface area (Å²) in [7, 11) is 0. The van der Waals surface area contributed by atoms with Crippen LogP contribution in [0.1, 0.15) is 40.0 Å². The fraction of sp³-hybridized carbons (Fsp3) is 0.818. The maximum Gasteiger partial charge on any atom is 0.312 e. The van der Waals surface area contributed by atoms with Gasteiger partial charge in [0.2, 0.25) is 0 Å². The van der Waals surface area contributed by atoms with E-state index in [4.69, 9.17) is 10.8 Å². The summed E-state index contributed by atoms with van der Waals surface area (Å²) in [5.74, 6) is -0.521. The molecule has 5 nitrogen and oxygen atoms in total. The highest BCUT2D eigenvalue weighted by molar-refractivity contribution is 5.71. The van der Waals surface area contributed by atoms with Crippen molar-refractivity contribution in [3.8, 4) is 0 Å². The molecule has 0 heterocycles. The lowest BCUT2D eigenvalue weighted by atomic mass is 9.76. The highest BCUT2D eigenvalue weighted by Gasteiger charge is 2.24. The van der Waals surface area contributed by atoms with Gasteiger partial charge in [-0.2, -0.15) is 0 Å². The molecule has 0 bridgehead atoms. The van der Waals surface area contributed by atoms with Crippen LogP contribution in [0.15, 0.2) is 0 Å². The minimum Gasteiger partial charge on any atom is -0.481 e. The van der Waals surface area contributed by atoms with Gasteiger partial charge in [-0.3, -0.25) is 4.79 Å². The quantitative estimate of drug-likeness (QED) is 0.646. The number of carbonyl (C=O) groups excluding carboxylic acids is 1. The van der Waals surface area contributed by atoms with Gasteiger partial charge in [-0.05, 0) is 24.2 Å². The van der Waals surface area contributed by atoms with Gasteiger partial charge in [0.15, 0.2) is 0 Å². The van der Waals surface area contributed by atoms with Crippen LogP contribution in [0.5, 0.6) is 0 Å². The number of nitrogens with one attached hydrogen (secondary N) is 1. The molecular formula is C11H22N2O3. The molecule has 0 saturated heterocycles. The summed E-state index contributed by atoms with van der Waals surface area (Å²) in [6.07, 6.45) is 1.54. The zero-order valence-corrected chi connectivity index (χ0v) is 10.2. The van der Waals surface area contributed by atoms with E-state index in [2.05, 4.69) is 26.1 Å². The molecule has 0 aliphatic rings. The Labute approximate surface area is 96.4 Å². The second-order valence-electron chi connectivity index (χ2n) is 5.08. The molecule has 1 unspecified atom stereocenters. The van der Waals surface area contributed by atoms with E-state index in [0.29, 0.717) is 13.0 Å². The summed E-state index contributed by atoms with van der Waals surface area (Å²) in [6.45, 7) is 6.72. The normalized spacial score (nSPS) is 13.2. The van der Waals surface area contributed by atoms with Gasteiger partial charge < -0.3 is 16.2 Å². The molecule has 0 fully saturated rings. The van der Waals surface area contributed by atoms with E-state index in [1.807, 2.05) is 0 Å². The Morgan fingerprint density at radius 3 is 2.25 bits per heavy atom. The number of hydrogen-bond acceptors (Lipinski definition) is 2. The molecule has 0 aromatic heterocycles. The Kier molecular flexibility index (Phi) is 5.85. The SMILES string of the molecule is CC(C)(C)C(CCNC(N)=O)CCC(=O)O. The zero-order valence-electron chi connectivity index (χ0n) is 10.2. The summed E-state index contributed by atoms with van der Waals surface area (Å²) in [6, 6.07) is -0.536. The average Bonchev–Trinajstić information content (AvgIpc) is 2.07. The Balaban J connectivity index is 4.11. The van der Waals surface area contributed by atoms with Crippen LogP contribution in [0.4, 0.5) is 4.79 Å². The second-order valence-corrected chi connectivity index (χ2v) is 5.08. The Morgan fingerprint density at radius 2 is 1.88 bits per heavy atom. The first-order valence-electron chi connectivity index (χ1n) is 5.48. The van der Waals surface area contributed by atoms with Gasteiger partial charge in [0.1, 0.15) is 0 Å². The molecule has 0 rings (SSSR count). The average molecular weight is 230 g/mol. The molecule has 0 aromatic carbocycles. The molecule has 94 valence electrons. The number of urea groups is 1. The van der Waals surface area contributed by atoms with Gasteiger partial charge in [0.25, 0.3) is 0 Å². The van der Waals surface area contributed by atoms with Gasteiger partial charge >= 0.3 is 12.0 Å². The second kappa shape index (κ2) is 6.35. The number of nitrogens with two attached hydrogens (primary N) is 1. The Hall–Kier alpha value is -1.26. The van der Waals surface area contributed by atoms with Gasteiger partial charge in [-0.1, -0.05) is 20.8 Å². The van der Waals surface area contributed by atoms with Gasteiger partial charge in [0.05, 0.1) is 0 Å². The standard InChI is InChI=1S/C11H22N2O3/c1-11(2,3)8(4-5-9(14)15)6-7-13-10(12)16/h8H,4-7H2,1-3H3,(H,14,15)(H3,12,13,16). The molecule has 0 aliphatic heterocycles. The van der Waals surface area contributed by atoms with Crippen LogP contribution >= 0.6 is 0 Å². The van der Waals surface area contributed by atoms with Gasteiger partial charge in [-0.15, -0.1) is 0 Å². The molecular weight excluding hydrogens is 208 g/mol. The first-order valence-corrected chi connectivity index (χ1v) is 5.48. The van der Waals surface area contributed by atoms with Crippen LogP contribution in [0, 0.1) is 11.3 Å². The van der Waals surface area contributed by atoms with Crippen molar-refractivity contribution >= 4 is 12.0 Å². The highest BCUT2D eigenvalue weighted by Crippen LogP contribution is 2.32. The molecule has 5 heteroatoms. The fourth-order valence-electron chi connectivity index (χ4n) is 1.68. The smallest absolute Gasteiger partial charge is 0.312 e. The van der Waals surface area contributed by atoms with Crippen molar-refractivity contribution in [3.63, 3.8) is 0 Å². The van der Waals surface area contributed by atoms with Crippen molar-refractivity contribution < 1.29 is 14.7 Å². The molecule has 16 heavy (non-hydrogen) atoms. The molecule has 1 atom stereocenters. The van der Waals surface area contributed by atoms with E-state index in [9.17, 15) is 9.59 Å². The summed E-state index contributed by atoms with van der Waals surface area (Å²) >= 11 is 0. The minimum absolute atomic E-state index is 0.0365. The fourth-order valence-corrected chi connectivity index (χ4v) is 1.68. The largest absolute Gasteiger partial charge is 0.481 e. The van der Waals surface area contributed by atoms with Crippen molar-refractivity contribution in [2.45, 2.75) is 40.0 Å². The number of rotatable bonds is 6. The zero-order chi connectivity index (χ0) is 12.8. The maximum atomic E-state index is 10.5. The van der Waals surface area contributed by atoms with E-state index < -0.39 is 12.0 Å². The van der Waals surface area contributed by atoms with Crippen molar-refractivity contribution in [1.82, 2.24) is 5.32 Å². The van der Waals surface area contributed by atoms with Crippen LogP contribution in [0.2, 0.25) is 0 Å². The van der Waals surface area contributed by atoms with E-state index in [-0.39, 0.29) is 17.8 Å². The van der Waals surface area contributed by atoms with E-state index in [1.54, 1.807) is 0 Å². The third-order valence-corrected chi connectivity index (χ3v) is 2.72. The molecule has 0 aliphatic carbocycles. The van der Waals surface area contributed by atoms with E-state index in [0.717, 1.165) is 6.42 Å². The third kappa shape index (κ3) is 7.09. The maximum absolute atomic E-state index is 10.5. The van der Waals surface area contributed by atoms with Crippen LogP contribution in [0.25, 0.3) is 0 Å².